The minimum atomic E-state index is -0.464. The molecule has 0 saturated carbocycles. The Morgan fingerprint density at radius 3 is 2.36 bits per heavy atom. The standard InChI is InChI=1S/C35H34FN5O4/c36-29-9-10-30-31(19-29)45-38-32(30)27-11-15-40(16-12-27)33(42)28-7-5-26(6-8-28)22-41-23-35(44-34(41)43)13-17-39(18-14-35)21-25-3-1-24(20-37)2-4-25/h1-10,19,27H,11-18,21-23H2. The maximum absolute atomic E-state index is 13.5. The van der Waals surface area contributed by atoms with Crippen LogP contribution in [0.3, 0.4) is 0 Å². The van der Waals surface area contributed by atoms with Crippen LogP contribution in [0, 0.1) is 17.1 Å². The van der Waals surface area contributed by atoms with Crippen LogP contribution in [0.2, 0.25) is 0 Å². The van der Waals surface area contributed by atoms with Crippen molar-refractivity contribution >= 4 is 23.0 Å². The van der Waals surface area contributed by atoms with E-state index in [-0.39, 0.29) is 23.7 Å². The summed E-state index contributed by atoms with van der Waals surface area (Å²) in [5.41, 5.74) is 4.21. The summed E-state index contributed by atoms with van der Waals surface area (Å²) in [6, 6.07) is 21.8. The molecule has 4 aromatic rings. The van der Waals surface area contributed by atoms with E-state index in [1.54, 1.807) is 11.0 Å². The Bertz CT molecular complexity index is 1750. The second kappa shape index (κ2) is 12.0. The minimum Gasteiger partial charge on any atom is -0.441 e. The van der Waals surface area contributed by atoms with Crippen molar-refractivity contribution in [3.05, 3.63) is 100 Å². The highest BCUT2D eigenvalue weighted by Crippen LogP contribution is 2.35. The zero-order chi connectivity index (χ0) is 31.0. The van der Waals surface area contributed by atoms with Gasteiger partial charge in [-0.05, 0) is 60.4 Å². The number of carbonyl (C=O) groups is 2. The number of piperidine rings is 2. The van der Waals surface area contributed by atoms with Gasteiger partial charge in [0.2, 0.25) is 0 Å². The van der Waals surface area contributed by atoms with Crippen LogP contribution in [-0.2, 0) is 17.8 Å². The van der Waals surface area contributed by atoms with Gasteiger partial charge in [0, 0.05) is 75.0 Å². The number of aromatic nitrogens is 1. The fourth-order valence-electron chi connectivity index (χ4n) is 6.87. The van der Waals surface area contributed by atoms with Crippen molar-refractivity contribution in [2.45, 2.75) is 50.3 Å². The summed E-state index contributed by atoms with van der Waals surface area (Å²) < 4.78 is 24.8. The molecule has 4 heterocycles. The smallest absolute Gasteiger partial charge is 0.410 e. The zero-order valence-electron chi connectivity index (χ0n) is 25.0. The molecule has 9 nitrogen and oxygen atoms in total. The summed E-state index contributed by atoms with van der Waals surface area (Å²) in [5, 5.41) is 14.0. The number of halogens is 1. The number of fused-ring (bicyclic) bond motifs is 1. The highest BCUT2D eigenvalue weighted by molar-refractivity contribution is 5.94. The molecular weight excluding hydrogens is 573 g/mol. The van der Waals surface area contributed by atoms with Gasteiger partial charge in [0.05, 0.1) is 23.9 Å². The van der Waals surface area contributed by atoms with Crippen LogP contribution in [-0.4, -0.2) is 70.2 Å². The number of carbonyl (C=O) groups excluding carboxylic acids is 2. The molecule has 0 unspecified atom stereocenters. The number of nitrogens with zero attached hydrogens (tertiary/aromatic N) is 5. The van der Waals surface area contributed by atoms with Crippen LogP contribution in [0.4, 0.5) is 9.18 Å². The average molecular weight is 608 g/mol. The van der Waals surface area contributed by atoms with Crippen LogP contribution in [0.15, 0.2) is 71.3 Å². The number of hydrogen-bond acceptors (Lipinski definition) is 7. The van der Waals surface area contributed by atoms with Gasteiger partial charge in [0.15, 0.2) is 5.58 Å². The number of amides is 2. The molecule has 10 heteroatoms. The van der Waals surface area contributed by atoms with E-state index < -0.39 is 5.60 Å². The molecule has 0 radical (unpaired) electrons. The van der Waals surface area contributed by atoms with E-state index in [4.69, 9.17) is 14.5 Å². The van der Waals surface area contributed by atoms with Crippen LogP contribution in [0.1, 0.15) is 64.3 Å². The van der Waals surface area contributed by atoms with Gasteiger partial charge in [-0.2, -0.15) is 5.26 Å². The Morgan fingerprint density at radius 2 is 1.64 bits per heavy atom. The first-order valence-electron chi connectivity index (χ1n) is 15.5. The molecule has 2 amide bonds. The maximum Gasteiger partial charge on any atom is 0.410 e. The summed E-state index contributed by atoms with van der Waals surface area (Å²) in [4.78, 5) is 32.1. The van der Waals surface area contributed by atoms with Crippen molar-refractivity contribution in [1.82, 2.24) is 19.9 Å². The van der Waals surface area contributed by atoms with Crippen LogP contribution >= 0.6 is 0 Å². The lowest BCUT2D eigenvalue weighted by molar-refractivity contribution is -0.00125. The van der Waals surface area contributed by atoms with Gasteiger partial charge in [-0.1, -0.05) is 29.4 Å². The molecule has 3 saturated heterocycles. The molecule has 45 heavy (non-hydrogen) atoms. The Hall–Kier alpha value is -4.75. The molecule has 1 aromatic heterocycles. The number of rotatable bonds is 6. The van der Waals surface area contributed by atoms with E-state index >= 15 is 0 Å². The van der Waals surface area contributed by atoms with Gasteiger partial charge in [-0.15, -0.1) is 0 Å². The monoisotopic (exact) mass is 607 g/mol. The van der Waals surface area contributed by atoms with Crippen LogP contribution < -0.4 is 0 Å². The molecule has 7 rings (SSSR count). The van der Waals surface area contributed by atoms with Crippen LogP contribution in [0.25, 0.3) is 11.0 Å². The van der Waals surface area contributed by atoms with E-state index in [0.29, 0.717) is 42.9 Å². The number of nitriles is 1. The molecule has 0 N–H and O–H groups in total. The van der Waals surface area contributed by atoms with Crippen molar-refractivity contribution in [3.63, 3.8) is 0 Å². The third-order valence-electron chi connectivity index (χ3n) is 9.50. The second-order valence-corrected chi connectivity index (χ2v) is 12.5. The van der Waals surface area contributed by atoms with E-state index in [9.17, 15) is 14.0 Å². The maximum atomic E-state index is 13.5. The van der Waals surface area contributed by atoms with Gasteiger partial charge < -0.3 is 14.2 Å². The molecule has 3 fully saturated rings. The van der Waals surface area contributed by atoms with Gasteiger partial charge in [0.25, 0.3) is 5.91 Å². The zero-order valence-corrected chi connectivity index (χ0v) is 25.0. The number of likely N-dealkylation sites (tertiary alicyclic amines) is 2. The van der Waals surface area contributed by atoms with Crippen molar-refractivity contribution < 1.29 is 23.2 Å². The molecule has 0 bridgehead atoms. The molecular formula is C35H34FN5O4. The highest BCUT2D eigenvalue weighted by Gasteiger charge is 2.46. The predicted molar refractivity (Wildman–Crippen MR) is 164 cm³/mol. The summed E-state index contributed by atoms with van der Waals surface area (Å²) in [7, 11) is 0. The molecule has 0 aliphatic carbocycles. The Labute approximate surface area is 260 Å². The lowest BCUT2D eigenvalue weighted by Crippen LogP contribution is -2.46. The van der Waals surface area contributed by atoms with Gasteiger partial charge in [-0.25, -0.2) is 9.18 Å². The molecule has 0 atom stereocenters. The van der Waals surface area contributed by atoms with Crippen molar-refractivity contribution in [2.24, 2.45) is 0 Å². The van der Waals surface area contributed by atoms with E-state index in [2.05, 4.69) is 16.1 Å². The fourth-order valence-corrected chi connectivity index (χ4v) is 6.87. The number of hydrogen-bond donors (Lipinski definition) is 0. The lowest BCUT2D eigenvalue weighted by atomic mass is 9.91. The third-order valence-corrected chi connectivity index (χ3v) is 9.50. The van der Waals surface area contributed by atoms with Gasteiger partial charge in [-0.3, -0.25) is 14.6 Å². The quantitative estimate of drug-likeness (QED) is 0.271. The van der Waals surface area contributed by atoms with Crippen molar-refractivity contribution in [1.29, 1.82) is 5.26 Å². The number of ether oxygens (including phenoxy) is 1. The predicted octanol–water partition coefficient (Wildman–Crippen LogP) is 5.85. The second-order valence-electron chi connectivity index (χ2n) is 12.5. The first-order chi connectivity index (χ1) is 21.9. The topological polar surface area (TPSA) is 103 Å². The van der Waals surface area contributed by atoms with Gasteiger partial charge >= 0.3 is 6.09 Å². The lowest BCUT2D eigenvalue weighted by Gasteiger charge is -2.37. The van der Waals surface area contributed by atoms with E-state index in [0.717, 1.165) is 62.0 Å². The summed E-state index contributed by atoms with van der Waals surface area (Å²) >= 11 is 0. The highest BCUT2D eigenvalue weighted by atomic mass is 19.1. The number of benzene rings is 3. The van der Waals surface area contributed by atoms with Gasteiger partial charge in [0.1, 0.15) is 11.4 Å². The summed E-state index contributed by atoms with van der Waals surface area (Å²) in [6.07, 6.45) is 2.79. The first kappa shape index (κ1) is 29.0. The molecule has 3 aromatic carbocycles. The van der Waals surface area contributed by atoms with E-state index in [1.165, 1.54) is 17.7 Å². The van der Waals surface area contributed by atoms with E-state index in [1.807, 2.05) is 53.4 Å². The SMILES string of the molecule is N#Cc1ccc(CN2CCC3(CC2)CN(Cc2ccc(C(=O)N4CCC(c5noc6cc(F)ccc56)CC4)cc2)C(=O)O3)cc1. The van der Waals surface area contributed by atoms with Crippen LogP contribution in [0.5, 0.6) is 0 Å². The Balaban J connectivity index is 0.901. The normalized spacial score (nSPS) is 18.8. The molecule has 1 spiro atoms. The molecule has 3 aliphatic heterocycles. The molecule has 3 aliphatic rings. The van der Waals surface area contributed by atoms with Crippen molar-refractivity contribution in [2.75, 3.05) is 32.7 Å². The first-order valence-corrected chi connectivity index (χ1v) is 15.5. The fraction of sp³-hybridized carbons (Fsp3) is 0.371. The Kier molecular flexibility index (Phi) is 7.71. The average Bonchev–Trinajstić information content (AvgIpc) is 3.62. The minimum absolute atomic E-state index is 0.0145. The summed E-state index contributed by atoms with van der Waals surface area (Å²) in [5.74, 6) is -0.213. The summed E-state index contributed by atoms with van der Waals surface area (Å²) in [6.45, 7) is 4.69. The van der Waals surface area contributed by atoms with Crippen molar-refractivity contribution in [3.8, 4) is 6.07 Å². The largest absolute Gasteiger partial charge is 0.441 e. The third kappa shape index (κ3) is 6.00. The Morgan fingerprint density at radius 1 is 0.956 bits per heavy atom. The molecule has 230 valence electrons.